The van der Waals surface area contributed by atoms with E-state index < -0.39 is 0 Å². The highest BCUT2D eigenvalue weighted by molar-refractivity contribution is 5.40. The summed E-state index contributed by atoms with van der Waals surface area (Å²) in [7, 11) is 0. The van der Waals surface area contributed by atoms with Crippen molar-refractivity contribution in [3.63, 3.8) is 0 Å². The number of hydrogen-bond acceptors (Lipinski definition) is 6. The molecule has 1 saturated carbocycles. The van der Waals surface area contributed by atoms with E-state index in [2.05, 4.69) is 38.2 Å². The molecule has 1 N–H and O–H groups in total. The van der Waals surface area contributed by atoms with Gasteiger partial charge in [0.05, 0.1) is 6.61 Å². The van der Waals surface area contributed by atoms with Crippen LogP contribution < -0.4 is 10.1 Å². The van der Waals surface area contributed by atoms with Gasteiger partial charge in [-0.3, -0.25) is 9.97 Å². The van der Waals surface area contributed by atoms with Crippen LogP contribution in [0.2, 0.25) is 0 Å². The molecule has 1 aliphatic carbocycles. The number of hydrogen-bond donors (Lipinski definition) is 1. The molecule has 3 aromatic heterocycles. The number of anilines is 1. The third-order valence-corrected chi connectivity index (χ3v) is 4.85. The second-order valence-corrected chi connectivity index (χ2v) is 6.96. The van der Waals surface area contributed by atoms with Crippen molar-refractivity contribution in [3.8, 4) is 5.88 Å². The second-order valence-electron chi connectivity index (χ2n) is 6.96. The maximum Gasteiger partial charge on any atom is 0.218 e. The first-order valence-electron chi connectivity index (χ1n) is 9.22. The van der Waals surface area contributed by atoms with Crippen LogP contribution in [-0.2, 0) is 6.54 Å². The number of aromatic nitrogens is 4. The van der Waals surface area contributed by atoms with Crippen molar-refractivity contribution in [2.45, 2.75) is 32.7 Å². The number of ether oxygens (including phenoxy) is 1. The van der Waals surface area contributed by atoms with Gasteiger partial charge in [0.15, 0.2) is 0 Å². The summed E-state index contributed by atoms with van der Waals surface area (Å²) in [6.07, 6.45) is 6.64. The second kappa shape index (κ2) is 7.70. The fourth-order valence-corrected chi connectivity index (χ4v) is 3.17. The van der Waals surface area contributed by atoms with Crippen LogP contribution in [-0.4, -0.2) is 26.5 Å². The van der Waals surface area contributed by atoms with E-state index in [1.54, 1.807) is 6.20 Å². The summed E-state index contributed by atoms with van der Waals surface area (Å²) in [5.41, 5.74) is 3.50. The molecule has 2 atom stereocenters. The molecule has 3 aromatic rings. The molecular formula is C21H23N5O. The Hall–Kier alpha value is -3.02. The Bertz CT molecular complexity index is 915. The summed E-state index contributed by atoms with van der Waals surface area (Å²) in [5, 5.41) is 3.35. The van der Waals surface area contributed by atoms with Gasteiger partial charge in [-0.25, -0.2) is 4.98 Å². The van der Waals surface area contributed by atoms with E-state index in [4.69, 9.17) is 4.74 Å². The van der Waals surface area contributed by atoms with E-state index in [0.717, 1.165) is 23.5 Å². The van der Waals surface area contributed by atoms with Gasteiger partial charge in [-0.1, -0.05) is 6.07 Å². The first-order valence-corrected chi connectivity index (χ1v) is 9.22. The van der Waals surface area contributed by atoms with Crippen molar-refractivity contribution in [2.75, 3.05) is 11.9 Å². The van der Waals surface area contributed by atoms with E-state index in [9.17, 15) is 0 Å². The van der Waals surface area contributed by atoms with Crippen molar-refractivity contribution >= 4 is 5.82 Å². The zero-order valence-electron chi connectivity index (χ0n) is 15.6. The van der Waals surface area contributed by atoms with Crippen LogP contribution in [0.3, 0.4) is 0 Å². The molecule has 0 spiro atoms. The molecule has 1 aliphatic rings. The fraction of sp³-hybridized carbons (Fsp3) is 0.333. The Balaban J connectivity index is 1.35. The number of aryl methyl sites for hydroxylation is 2. The minimum absolute atomic E-state index is 0.501. The molecule has 6 nitrogen and oxygen atoms in total. The van der Waals surface area contributed by atoms with Gasteiger partial charge >= 0.3 is 0 Å². The number of nitrogens with zero attached hydrogens (tertiary/aromatic N) is 4. The maximum atomic E-state index is 5.95. The molecule has 138 valence electrons. The Morgan fingerprint density at radius 2 is 2.07 bits per heavy atom. The number of pyridine rings is 2. The van der Waals surface area contributed by atoms with E-state index >= 15 is 0 Å². The molecule has 3 heterocycles. The van der Waals surface area contributed by atoms with Crippen molar-refractivity contribution in [2.24, 2.45) is 5.92 Å². The molecular weight excluding hydrogens is 338 g/mol. The molecule has 4 rings (SSSR count). The average molecular weight is 361 g/mol. The number of rotatable bonds is 7. The molecule has 0 saturated heterocycles. The zero-order chi connectivity index (χ0) is 18.6. The monoisotopic (exact) mass is 361 g/mol. The minimum atomic E-state index is 0.501. The third-order valence-electron chi connectivity index (χ3n) is 4.85. The Morgan fingerprint density at radius 1 is 1.15 bits per heavy atom. The molecule has 1 fully saturated rings. The van der Waals surface area contributed by atoms with Crippen LogP contribution in [0.5, 0.6) is 5.88 Å². The third kappa shape index (κ3) is 4.39. The van der Waals surface area contributed by atoms with Crippen LogP contribution >= 0.6 is 0 Å². The summed E-state index contributed by atoms with van der Waals surface area (Å²) in [6.45, 7) is 5.27. The van der Waals surface area contributed by atoms with Crippen LogP contribution in [0.15, 0.2) is 48.9 Å². The van der Waals surface area contributed by atoms with Crippen molar-refractivity contribution in [1.29, 1.82) is 0 Å². The Morgan fingerprint density at radius 3 is 2.89 bits per heavy atom. The van der Waals surface area contributed by atoms with Crippen LogP contribution in [0.1, 0.15) is 35.0 Å². The highest BCUT2D eigenvalue weighted by Crippen LogP contribution is 2.46. The van der Waals surface area contributed by atoms with Gasteiger partial charge in [-0.15, -0.1) is 0 Å². The Labute approximate surface area is 159 Å². The zero-order valence-corrected chi connectivity index (χ0v) is 15.6. The largest absolute Gasteiger partial charge is 0.477 e. The lowest BCUT2D eigenvalue weighted by atomic mass is 10.1. The smallest absolute Gasteiger partial charge is 0.218 e. The standard InChI is InChI=1S/C21H23N5O/c1-14-11-22-8-6-16(14)12-24-20-10-21(26-15(2)25-20)27-13-17-9-18(17)19-5-3-4-7-23-19/h3-8,10-11,17-18H,9,12-13H2,1-2H3,(H,24,25,26)/t17-,18+/m1/s1. The van der Waals surface area contributed by atoms with Gasteiger partial charge in [-0.2, -0.15) is 4.98 Å². The van der Waals surface area contributed by atoms with Crippen molar-refractivity contribution < 1.29 is 4.74 Å². The van der Waals surface area contributed by atoms with Crippen LogP contribution in [0.25, 0.3) is 0 Å². The van der Waals surface area contributed by atoms with Gasteiger partial charge in [0.2, 0.25) is 5.88 Å². The SMILES string of the molecule is Cc1nc(NCc2ccncc2C)cc(OC[C@H]2C[C@@H]2c2ccccn2)n1. The van der Waals surface area contributed by atoms with E-state index in [1.165, 1.54) is 5.56 Å². The summed E-state index contributed by atoms with van der Waals surface area (Å²) < 4.78 is 5.95. The lowest BCUT2D eigenvalue weighted by Crippen LogP contribution is -2.07. The minimum Gasteiger partial charge on any atom is -0.477 e. The van der Waals surface area contributed by atoms with E-state index in [0.29, 0.717) is 36.7 Å². The molecule has 0 unspecified atom stereocenters. The van der Waals surface area contributed by atoms with Gasteiger partial charge < -0.3 is 10.1 Å². The van der Waals surface area contributed by atoms with Crippen molar-refractivity contribution in [3.05, 3.63) is 71.6 Å². The highest BCUT2D eigenvalue weighted by Gasteiger charge is 2.39. The van der Waals surface area contributed by atoms with Crippen molar-refractivity contribution in [1.82, 2.24) is 19.9 Å². The predicted octanol–water partition coefficient (Wildman–Crippen LogP) is 3.68. The first-order chi connectivity index (χ1) is 13.2. The predicted molar refractivity (Wildman–Crippen MR) is 104 cm³/mol. The van der Waals surface area contributed by atoms with E-state index in [1.807, 2.05) is 43.6 Å². The summed E-state index contributed by atoms with van der Waals surface area (Å²) in [6, 6.07) is 9.95. The normalized spacial score (nSPS) is 18.1. The lowest BCUT2D eigenvalue weighted by Gasteiger charge is -2.11. The lowest BCUT2D eigenvalue weighted by molar-refractivity contribution is 0.284. The molecule has 0 aliphatic heterocycles. The van der Waals surface area contributed by atoms with Gasteiger partial charge in [0.25, 0.3) is 0 Å². The fourth-order valence-electron chi connectivity index (χ4n) is 3.17. The molecule has 27 heavy (non-hydrogen) atoms. The quantitative estimate of drug-likeness (QED) is 0.692. The summed E-state index contributed by atoms with van der Waals surface area (Å²) in [4.78, 5) is 17.4. The number of nitrogens with one attached hydrogen (secondary N) is 1. The average Bonchev–Trinajstić information content (AvgIpc) is 3.46. The van der Waals surface area contributed by atoms with Crippen LogP contribution in [0.4, 0.5) is 5.82 Å². The molecule has 0 radical (unpaired) electrons. The van der Waals surface area contributed by atoms with Gasteiger partial charge in [-0.05, 0) is 49.6 Å². The summed E-state index contributed by atoms with van der Waals surface area (Å²) in [5.74, 6) is 3.08. The Kier molecular flexibility index (Phi) is 4.96. The van der Waals surface area contributed by atoms with Gasteiger partial charge in [0.1, 0.15) is 11.6 Å². The van der Waals surface area contributed by atoms with Gasteiger partial charge in [0, 0.05) is 48.7 Å². The molecule has 0 aromatic carbocycles. The topological polar surface area (TPSA) is 72.8 Å². The molecule has 0 bridgehead atoms. The summed E-state index contributed by atoms with van der Waals surface area (Å²) >= 11 is 0. The van der Waals surface area contributed by atoms with E-state index in [-0.39, 0.29) is 0 Å². The molecule has 0 amide bonds. The molecule has 6 heteroatoms. The highest BCUT2D eigenvalue weighted by atomic mass is 16.5. The van der Waals surface area contributed by atoms with Crippen LogP contribution in [0, 0.1) is 19.8 Å². The maximum absolute atomic E-state index is 5.95. The first kappa shape index (κ1) is 17.4.